The van der Waals surface area contributed by atoms with E-state index >= 15 is 0 Å². The minimum Gasteiger partial charge on any atom is -0.375 e. The second-order valence-corrected chi connectivity index (χ2v) is 8.93. The van der Waals surface area contributed by atoms with Crippen molar-refractivity contribution in [2.45, 2.75) is 12.1 Å². The van der Waals surface area contributed by atoms with Crippen LogP contribution in [0.4, 0.5) is 11.4 Å². The summed E-state index contributed by atoms with van der Waals surface area (Å²) in [4.78, 5) is 23.2. The highest BCUT2D eigenvalue weighted by atomic mass is 35.5. The monoisotopic (exact) mass is 518 g/mol. The maximum Gasteiger partial charge on any atom is 0.250 e. The molecule has 1 aliphatic heterocycles. The molecule has 10 heteroatoms. The predicted octanol–water partition coefficient (Wildman–Crippen LogP) is 4.68. The summed E-state index contributed by atoms with van der Waals surface area (Å²) in [6.07, 6.45) is 5.51. The van der Waals surface area contributed by atoms with Crippen molar-refractivity contribution in [1.82, 2.24) is 19.9 Å². The van der Waals surface area contributed by atoms with E-state index in [1.54, 1.807) is 24.5 Å². The standard InChI is InChI=1S/C26H23ClN6O2S/c1-35-16-23(34)30-19-11-10-17(15-18(19)27)33-25(24(31-26(33)36)20-7-2-4-12-28-20)21-8-6-14-32(21)22-9-3-5-13-29-22/h2-15,24-25H,16H2,1H3,(H,30,34)(H,31,36)/t24-,25+/m0/s1. The lowest BCUT2D eigenvalue weighted by Crippen LogP contribution is -2.30. The Balaban J connectivity index is 1.58. The fraction of sp³-hybridized carbons (Fsp3) is 0.154. The Labute approximate surface area is 218 Å². The summed E-state index contributed by atoms with van der Waals surface area (Å²) in [6.45, 7) is -0.0590. The van der Waals surface area contributed by atoms with Gasteiger partial charge < -0.3 is 24.8 Å². The number of nitrogens with zero attached hydrogens (tertiary/aromatic N) is 4. The Morgan fingerprint density at radius 2 is 1.92 bits per heavy atom. The van der Waals surface area contributed by atoms with E-state index < -0.39 is 0 Å². The summed E-state index contributed by atoms with van der Waals surface area (Å²) in [5.74, 6) is 0.510. The third-order valence-corrected chi connectivity index (χ3v) is 6.49. The second-order valence-electron chi connectivity index (χ2n) is 8.13. The SMILES string of the molecule is COCC(=O)Nc1ccc(N2C(=S)N[C@@H](c3ccccn3)[C@H]2c2cccn2-c2ccccn2)cc1Cl. The van der Waals surface area contributed by atoms with Gasteiger partial charge in [-0.2, -0.15) is 0 Å². The molecule has 0 spiro atoms. The molecule has 4 aromatic rings. The van der Waals surface area contributed by atoms with Gasteiger partial charge in [0.2, 0.25) is 5.91 Å². The van der Waals surface area contributed by atoms with Crippen LogP contribution >= 0.6 is 23.8 Å². The van der Waals surface area contributed by atoms with Gasteiger partial charge in [0.05, 0.1) is 22.4 Å². The van der Waals surface area contributed by atoms with Crippen LogP contribution in [-0.4, -0.2) is 39.3 Å². The number of anilines is 2. The van der Waals surface area contributed by atoms with Gasteiger partial charge in [0.1, 0.15) is 18.5 Å². The molecule has 1 fully saturated rings. The molecule has 182 valence electrons. The van der Waals surface area contributed by atoms with Crippen LogP contribution in [0.15, 0.2) is 85.3 Å². The number of aromatic nitrogens is 3. The molecule has 36 heavy (non-hydrogen) atoms. The Bertz CT molecular complexity index is 1380. The first-order chi connectivity index (χ1) is 17.6. The molecular weight excluding hydrogens is 496 g/mol. The summed E-state index contributed by atoms with van der Waals surface area (Å²) >= 11 is 12.4. The molecule has 1 amide bonds. The zero-order valence-corrected chi connectivity index (χ0v) is 20.9. The van der Waals surface area contributed by atoms with Gasteiger partial charge >= 0.3 is 0 Å². The van der Waals surface area contributed by atoms with Gasteiger partial charge in [-0.25, -0.2) is 4.98 Å². The summed E-state index contributed by atoms with van der Waals surface area (Å²) < 4.78 is 6.94. The van der Waals surface area contributed by atoms with Gasteiger partial charge in [-0.1, -0.05) is 23.7 Å². The van der Waals surface area contributed by atoms with Crippen molar-refractivity contribution in [3.8, 4) is 5.82 Å². The average molecular weight is 519 g/mol. The second kappa shape index (κ2) is 10.4. The minimum absolute atomic E-state index is 0.0590. The lowest BCUT2D eigenvalue weighted by Gasteiger charge is -2.29. The van der Waals surface area contributed by atoms with Crippen LogP contribution in [0.3, 0.4) is 0 Å². The van der Waals surface area contributed by atoms with Crippen LogP contribution in [-0.2, 0) is 9.53 Å². The number of methoxy groups -OCH3 is 1. The Morgan fingerprint density at radius 1 is 1.11 bits per heavy atom. The maximum atomic E-state index is 12.0. The molecule has 0 unspecified atom stereocenters. The zero-order chi connectivity index (χ0) is 25.1. The first-order valence-electron chi connectivity index (χ1n) is 11.2. The first-order valence-corrected chi connectivity index (χ1v) is 12.0. The lowest BCUT2D eigenvalue weighted by atomic mass is 10.0. The van der Waals surface area contributed by atoms with Crippen molar-refractivity contribution in [3.05, 3.63) is 102 Å². The molecule has 5 rings (SSSR count). The van der Waals surface area contributed by atoms with Crippen molar-refractivity contribution in [2.75, 3.05) is 23.9 Å². The number of ether oxygens (including phenoxy) is 1. The fourth-order valence-corrected chi connectivity index (χ4v) is 4.91. The topological polar surface area (TPSA) is 84.3 Å². The summed E-state index contributed by atoms with van der Waals surface area (Å²) in [7, 11) is 1.46. The molecular formula is C26H23ClN6O2S. The number of carbonyl (C=O) groups excluding carboxylic acids is 1. The third-order valence-electron chi connectivity index (χ3n) is 5.86. The fourth-order valence-electron chi connectivity index (χ4n) is 4.35. The molecule has 0 radical (unpaired) electrons. The van der Waals surface area contributed by atoms with Crippen molar-refractivity contribution >= 4 is 46.2 Å². The number of carbonyl (C=O) groups is 1. The van der Waals surface area contributed by atoms with Gasteiger partial charge in [0.15, 0.2) is 5.11 Å². The van der Waals surface area contributed by atoms with E-state index in [0.29, 0.717) is 15.8 Å². The van der Waals surface area contributed by atoms with Gasteiger partial charge in [-0.3, -0.25) is 9.78 Å². The number of hydrogen-bond acceptors (Lipinski definition) is 5. The van der Waals surface area contributed by atoms with Gasteiger partial charge in [-0.05, 0) is 66.8 Å². The highest BCUT2D eigenvalue weighted by Crippen LogP contribution is 2.43. The van der Waals surface area contributed by atoms with Crippen LogP contribution in [0.5, 0.6) is 0 Å². The highest BCUT2D eigenvalue weighted by molar-refractivity contribution is 7.80. The Kier molecular flexibility index (Phi) is 6.95. The van der Waals surface area contributed by atoms with Crippen molar-refractivity contribution in [3.63, 3.8) is 0 Å². The molecule has 1 aliphatic rings. The van der Waals surface area contributed by atoms with E-state index in [2.05, 4.69) is 26.7 Å². The van der Waals surface area contributed by atoms with Crippen LogP contribution in [0.25, 0.3) is 5.82 Å². The van der Waals surface area contributed by atoms with E-state index in [4.69, 9.17) is 28.6 Å². The van der Waals surface area contributed by atoms with Crippen LogP contribution < -0.4 is 15.5 Å². The number of benzene rings is 1. The van der Waals surface area contributed by atoms with Gasteiger partial charge in [-0.15, -0.1) is 0 Å². The maximum absolute atomic E-state index is 12.0. The quantitative estimate of drug-likeness (QED) is 0.343. The highest BCUT2D eigenvalue weighted by Gasteiger charge is 2.42. The number of halogens is 1. The average Bonchev–Trinajstić information content (AvgIpc) is 3.51. The molecule has 1 aromatic carbocycles. The van der Waals surface area contributed by atoms with Gasteiger partial charge in [0, 0.05) is 37.1 Å². The van der Waals surface area contributed by atoms with E-state index in [0.717, 1.165) is 22.9 Å². The largest absolute Gasteiger partial charge is 0.375 e. The third kappa shape index (κ3) is 4.68. The molecule has 2 atom stereocenters. The van der Waals surface area contributed by atoms with E-state index in [9.17, 15) is 4.79 Å². The minimum atomic E-state index is -0.285. The number of rotatable bonds is 7. The Hall–Kier alpha value is -3.79. The van der Waals surface area contributed by atoms with Crippen molar-refractivity contribution in [1.29, 1.82) is 0 Å². The number of amides is 1. The predicted molar refractivity (Wildman–Crippen MR) is 143 cm³/mol. The summed E-state index contributed by atoms with van der Waals surface area (Å²) in [5, 5.41) is 7.14. The van der Waals surface area contributed by atoms with Crippen LogP contribution in [0.1, 0.15) is 23.5 Å². The summed E-state index contributed by atoms with van der Waals surface area (Å²) in [5.41, 5.74) is 3.11. The van der Waals surface area contributed by atoms with Crippen LogP contribution in [0.2, 0.25) is 5.02 Å². The van der Waals surface area contributed by atoms with E-state index in [-0.39, 0.29) is 24.6 Å². The number of thiocarbonyl (C=S) groups is 1. The molecule has 0 bridgehead atoms. The van der Waals surface area contributed by atoms with E-state index in [1.807, 2.05) is 64.2 Å². The number of pyridine rings is 2. The smallest absolute Gasteiger partial charge is 0.250 e. The van der Waals surface area contributed by atoms with Crippen molar-refractivity contribution in [2.24, 2.45) is 0 Å². The molecule has 3 aromatic heterocycles. The normalized spacial score (nSPS) is 17.2. The number of nitrogens with one attached hydrogen (secondary N) is 2. The molecule has 0 saturated carbocycles. The van der Waals surface area contributed by atoms with E-state index in [1.165, 1.54) is 7.11 Å². The molecule has 1 saturated heterocycles. The van der Waals surface area contributed by atoms with Crippen molar-refractivity contribution < 1.29 is 9.53 Å². The first kappa shape index (κ1) is 23.9. The molecule has 4 heterocycles. The molecule has 8 nitrogen and oxygen atoms in total. The summed E-state index contributed by atoms with van der Waals surface area (Å²) in [6, 6.07) is 20.6. The Morgan fingerprint density at radius 3 is 2.61 bits per heavy atom. The number of hydrogen-bond donors (Lipinski definition) is 2. The zero-order valence-electron chi connectivity index (χ0n) is 19.3. The van der Waals surface area contributed by atoms with Crippen LogP contribution in [0, 0.1) is 0 Å². The van der Waals surface area contributed by atoms with Gasteiger partial charge in [0.25, 0.3) is 0 Å². The molecule has 0 aliphatic carbocycles. The lowest BCUT2D eigenvalue weighted by molar-refractivity contribution is -0.119. The molecule has 2 N–H and O–H groups in total.